The van der Waals surface area contributed by atoms with Gasteiger partial charge in [-0.25, -0.2) is 8.78 Å². The number of hydrogen-bond donors (Lipinski definition) is 1. The van der Waals surface area contributed by atoms with Crippen LogP contribution in [0.3, 0.4) is 0 Å². The van der Waals surface area contributed by atoms with Crippen molar-refractivity contribution in [3.63, 3.8) is 0 Å². The third kappa shape index (κ3) is 5.51. The molecular formula is C30H26F2N4O4. The van der Waals surface area contributed by atoms with E-state index in [2.05, 4.69) is 10.3 Å². The molecule has 0 aliphatic carbocycles. The van der Waals surface area contributed by atoms with Crippen LogP contribution in [0.15, 0.2) is 66.9 Å². The molecule has 1 saturated heterocycles. The van der Waals surface area contributed by atoms with Crippen LogP contribution in [-0.2, 0) is 11.2 Å². The zero-order chi connectivity index (χ0) is 28.4. The summed E-state index contributed by atoms with van der Waals surface area (Å²) in [4.78, 5) is 41.9. The molecule has 0 radical (unpaired) electrons. The molecule has 4 aromatic rings. The summed E-state index contributed by atoms with van der Waals surface area (Å²) in [5.41, 5.74) is 1.92. The smallest absolute Gasteiger partial charge is 0.273 e. The first-order valence-corrected chi connectivity index (χ1v) is 12.9. The van der Waals surface area contributed by atoms with E-state index in [-0.39, 0.29) is 40.6 Å². The number of carbonyl (C=O) groups excluding carboxylic acids is 2. The number of anilines is 1. The Morgan fingerprint density at radius 2 is 1.77 bits per heavy atom. The highest BCUT2D eigenvalue weighted by Gasteiger charge is 2.29. The Kier molecular flexibility index (Phi) is 7.50. The Morgan fingerprint density at radius 1 is 1.05 bits per heavy atom. The first-order valence-electron chi connectivity index (χ1n) is 12.9. The molecule has 0 atom stereocenters. The highest BCUT2D eigenvalue weighted by molar-refractivity contribution is 5.97. The van der Waals surface area contributed by atoms with Gasteiger partial charge in [0.15, 0.2) is 0 Å². The standard InChI is InChI=1S/C30H26F2N4O4/c1-18-27(36(39)40)9-8-24(31)29(18)30(38)35-13-10-20(11-14-35)19-4-6-23(7-5-19)34-28(37)16-22-15-21-3-2-12-33-26(21)17-25(22)32/h2-9,12,15,17,20H,10-11,13-14,16H2,1H3,(H,34,37). The lowest BCUT2D eigenvalue weighted by Crippen LogP contribution is -2.38. The van der Waals surface area contributed by atoms with E-state index < -0.39 is 22.5 Å². The topological polar surface area (TPSA) is 105 Å². The largest absolute Gasteiger partial charge is 0.339 e. The van der Waals surface area contributed by atoms with Gasteiger partial charge >= 0.3 is 0 Å². The van der Waals surface area contributed by atoms with Gasteiger partial charge in [0.25, 0.3) is 11.6 Å². The number of rotatable bonds is 6. The van der Waals surface area contributed by atoms with Gasteiger partial charge in [-0.3, -0.25) is 24.7 Å². The van der Waals surface area contributed by atoms with Gasteiger partial charge in [0.2, 0.25) is 5.91 Å². The second-order valence-electron chi connectivity index (χ2n) is 9.88. The number of benzene rings is 3. The van der Waals surface area contributed by atoms with E-state index >= 15 is 0 Å². The predicted octanol–water partition coefficient (Wildman–Crippen LogP) is 5.93. The molecule has 10 heteroatoms. The van der Waals surface area contributed by atoms with Gasteiger partial charge in [0.1, 0.15) is 11.6 Å². The lowest BCUT2D eigenvalue weighted by atomic mass is 9.89. The van der Waals surface area contributed by atoms with Crippen molar-refractivity contribution in [3.05, 3.63) is 111 Å². The normalized spacial score (nSPS) is 13.8. The van der Waals surface area contributed by atoms with Crippen LogP contribution < -0.4 is 5.32 Å². The van der Waals surface area contributed by atoms with E-state index in [1.54, 1.807) is 30.5 Å². The van der Waals surface area contributed by atoms with E-state index in [1.807, 2.05) is 18.2 Å². The van der Waals surface area contributed by atoms with Gasteiger partial charge in [-0.2, -0.15) is 0 Å². The van der Waals surface area contributed by atoms with Gasteiger partial charge in [-0.05, 0) is 67.1 Å². The van der Waals surface area contributed by atoms with Crippen molar-refractivity contribution in [2.75, 3.05) is 18.4 Å². The monoisotopic (exact) mass is 544 g/mol. The number of carbonyl (C=O) groups is 2. The summed E-state index contributed by atoms with van der Waals surface area (Å²) in [7, 11) is 0. The molecule has 2 heterocycles. The van der Waals surface area contributed by atoms with Crippen LogP contribution in [0, 0.1) is 28.7 Å². The number of aromatic nitrogens is 1. The maximum Gasteiger partial charge on any atom is 0.273 e. The molecule has 2 amide bonds. The highest BCUT2D eigenvalue weighted by Crippen LogP contribution is 2.31. The van der Waals surface area contributed by atoms with Crippen molar-refractivity contribution in [2.45, 2.75) is 32.1 Å². The van der Waals surface area contributed by atoms with E-state index in [1.165, 1.54) is 17.9 Å². The van der Waals surface area contributed by atoms with Crippen LogP contribution in [-0.4, -0.2) is 39.7 Å². The Hall–Kier alpha value is -4.73. The maximum absolute atomic E-state index is 14.5. The minimum absolute atomic E-state index is 0.0233. The van der Waals surface area contributed by atoms with Crippen molar-refractivity contribution in [3.8, 4) is 0 Å². The molecule has 3 aromatic carbocycles. The predicted molar refractivity (Wildman–Crippen MR) is 146 cm³/mol. The molecule has 1 aromatic heterocycles. The number of nitrogens with zero attached hydrogens (tertiary/aromatic N) is 3. The van der Waals surface area contributed by atoms with Crippen molar-refractivity contribution >= 4 is 34.1 Å². The van der Waals surface area contributed by atoms with Crippen LogP contribution >= 0.6 is 0 Å². The van der Waals surface area contributed by atoms with E-state index in [0.29, 0.717) is 37.1 Å². The van der Waals surface area contributed by atoms with Gasteiger partial charge < -0.3 is 10.2 Å². The average Bonchev–Trinajstić information content (AvgIpc) is 2.93. The van der Waals surface area contributed by atoms with Gasteiger partial charge in [-0.1, -0.05) is 18.2 Å². The number of hydrogen-bond acceptors (Lipinski definition) is 5. The summed E-state index contributed by atoms with van der Waals surface area (Å²) in [5, 5.41) is 14.8. The first kappa shape index (κ1) is 26.9. The number of nitrogens with one attached hydrogen (secondary N) is 1. The number of nitro benzene ring substituents is 1. The Balaban J connectivity index is 1.18. The number of halogens is 2. The molecule has 204 valence electrons. The van der Waals surface area contributed by atoms with E-state index in [0.717, 1.165) is 23.1 Å². The molecule has 0 bridgehead atoms. The van der Waals surface area contributed by atoms with Gasteiger partial charge in [-0.15, -0.1) is 0 Å². The number of piperidine rings is 1. The fourth-order valence-electron chi connectivity index (χ4n) is 5.20. The van der Waals surface area contributed by atoms with Gasteiger partial charge in [0, 0.05) is 48.1 Å². The molecule has 1 fully saturated rings. The quantitative estimate of drug-likeness (QED) is 0.239. The molecular weight excluding hydrogens is 518 g/mol. The molecule has 0 spiro atoms. The van der Waals surface area contributed by atoms with Crippen LogP contribution in [0.2, 0.25) is 0 Å². The lowest BCUT2D eigenvalue weighted by Gasteiger charge is -2.32. The minimum atomic E-state index is -0.770. The third-order valence-corrected chi connectivity index (χ3v) is 7.37. The van der Waals surface area contributed by atoms with E-state index in [4.69, 9.17) is 0 Å². The number of fused-ring (bicyclic) bond motifs is 1. The van der Waals surface area contributed by atoms with Crippen LogP contribution in [0.4, 0.5) is 20.2 Å². The second-order valence-corrected chi connectivity index (χ2v) is 9.88. The zero-order valence-corrected chi connectivity index (χ0v) is 21.7. The fourth-order valence-corrected chi connectivity index (χ4v) is 5.20. The lowest BCUT2D eigenvalue weighted by molar-refractivity contribution is -0.385. The fraction of sp³-hybridized carbons (Fsp3) is 0.233. The molecule has 0 unspecified atom stereocenters. The number of nitro groups is 1. The number of amides is 2. The summed E-state index contributed by atoms with van der Waals surface area (Å²) < 4.78 is 28.9. The summed E-state index contributed by atoms with van der Waals surface area (Å²) in [5.74, 6) is -1.98. The average molecular weight is 545 g/mol. The van der Waals surface area contributed by atoms with E-state index in [9.17, 15) is 28.5 Å². The number of pyridine rings is 1. The summed E-state index contributed by atoms with van der Waals surface area (Å²) in [6.45, 7) is 2.16. The molecule has 40 heavy (non-hydrogen) atoms. The highest BCUT2D eigenvalue weighted by atomic mass is 19.1. The minimum Gasteiger partial charge on any atom is -0.339 e. The summed E-state index contributed by atoms with van der Waals surface area (Å²) in [6.07, 6.45) is 2.75. The molecule has 8 nitrogen and oxygen atoms in total. The Morgan fingerprint density at radius 3 is 2.48 bits per heavy atom. The van der Waals surface area contributed by atoms with Gasteiger partial charge in [0.05, 0.1) is 22.4 Å². The Labute approximate surface area is 228 Å². The Bertz CT molecular complexity index is 1620. The van der Waals surface area contributed by atoms with Crippen molar-refractivity contribution < 1.29 is 23.3 Å². The second kappa shape index (κ2) is 11.2. The maximum atomic E-state index is 14.5. The van der Waals surface area contributed by atoms with Crippen molar-refractivity contribution in [1.29, 1.82) is 0 Å². The van der Waals surface area contributed by atoms with Crippen LogP contribution in [0.25, 0.3) is 10.9 Å². The van der Waals surface area contributed by atoms with Crippen molar-refractivity contribution in [2.24, 2.45) is 0 Å². The first-order chi connectivity index (χ1) is 19.2. The molecule has 1 aliphatic heterocycles. The number of likely N-dealkylation sites (tertiary alicyclic amines) is 1. The van der Waals surface area contributed by atoms with Crippen LogP contribution in [0.5, 0.6) is 0 Å². The molecule has 1 N–H and O–H groups in total. The van der Waals surface area contributed by atoms with Crippen molar-refractivity contribution in [1.82, 2.24) is 9.88 Å². The zero-order valence-electron chi connectivity index (χ0n) is 21.7. The summed E-state index contributed by atoms with van der Waals surface area (Å²) >= 11 is 0. The molecule has 5 rings (SSSR count). The molecule has 1 aliphatic rings. The third-order valence-electron chi connectivity index (χ3n) is 7.37. The summed E-state index contributed by atoms with van der Waals surface area (Å²) in [6, 6.07) is 15.9. The molecule has 0 saturated carbocycles. The SMILES string of the molecule is Cc1c([N+](=O)[O-])ccc(F)c1C(=O)N1CCC(c2ccc(NC(=O)Cc3cc4cccnc4cc3F)cc2)CC1. The van der Waals surface area contributed by atoms with Crippen LogP contribution in [0.1, 0.15) is 45.8 Å².